The van der Waals surface area contributed by atoms with Crippen molar-refractivity contribution < 1.29 is 47.9 Å². The minimum Gasteiger partial charge on any atom is -0.493 e. The third-order valence-electron chi connectivity index (χ3n) is 4.57. The summed E-state index contributed by atoms with van der Waals surface area (Å²) in [5, 5.41) is 23.0. The summed E-state index contributed by atoms with van der Waals surface area (Å²) >= 11 is 0. The van der Waals surface area contributed by atoms with Crippen LogP contribution in [-0.4, -0.2) is 50.7 Å². The lowest BCUT2D eigenvalue weighted by Gasteiger charge is -2.17. The molecule has 0 saturated heterocycles. The summed E-state index contributed by atoms with van der Waals surface area (Å²) in [5.74, 6) is -1.00. The van der Waals surface area contributed by atoms with E-state index in [4.69, 9.17) is 28.4 Å². The molecule has 0 radical (unpaired) electrons. The van der Waals surface area contributed by atoms with Gasteiger partial charge in [0.05, 0.1) is 61.5 Å². The number of carbonyl (C=O) groups excluding carboxylic acids is 2. The van der Waals surface area contributed by atoms with Gasteiger partial charge in [0.2, 0.25) is 6.10 Å². The van der Waals surface area contributed by atoms with Crippen molar-refractivity contribution in [2.75, 3.05) is 28.4 Å². The number of hydrogen-bond acceptors (Lipinski definition) is 12. The van der Waals surface area contributed by atoms with Gasteiger partial charge >= 0.3 is 5.97 Å². The van der Waals surface area contributed by atoms with Crippen LogP contribution in [0.3, 0.4) is 0 Å². The number of nitro benzene ring substituents is 2. The fraction of sp³-hybridized carbons (Fsp3) is 0.300. The molecule has 2 rings (SSSR count). The minimum atomic E-state index is -1.88. The molecule has 0 aliphatic heterocycles. The van der Waals surface area contributed by atoms with Crippen LogP contribution in [0.4, 0.5) is 11.4 Å². The first-order valence-electron chi connectivity index (χ1n) is 9.27. The molecule has 34 heavy (non-hydrogen) atoms. The molecule has 182 valence electrons. The summed E-state index contributed by atoms with van der Waals surface area (Å²) < 4.78 is 30.1. The summed E-state index contributed by atoms with van der Waals surface area (Å²) in [6.45, 7) is -0.736. The van der Waals surface area contributed by atoms with Crippen molar-refractivity contribution in [3.05, 3.63) is 55.6 Å². The Balaban J connectivity index is 2.45. The zero-order chi connectivity index (χ0) is 25.4. The highest BCUT2D eigenvalue weighted by molar-refractivity contribution is 5.80. The maximum Gasteiger partial charge on any atom is 0.352 e. The molecule has 0 spiro atoms. The van der Waals surface area contributed by atoms with Gasteiger partial charge in [-0.1, -0.05) is 0 Å². The predicted octanol–water partition coefficient (Wildman–Crippen LogP) is 2.49. The van der Waals surface area contributed by atoms with Crippen LogP contribution in [0.5, 0.6) is 23.0 Å². The highest BCUT2D eigenvalue weighted by atomic mass is 16.6. The predicted molar refractivity (Wildman–Crippen MR) is 112 cm³/mol. The normalized spacial score (nSPS) is 11.1. The molecular formula is C20H20N2O12. The van der Waals surface area contributed by atoms with Gasteiger partial charge in [-0.15, -0.1) is 0 Å². The average Bonchev–Trinajstić information content (AvgIpc) is 2.83. The smallest absolute Gasteiger partial charge is 0.352 e. The number of nitro groups is 2. The fourth-order valence-electron chi connectivity index (χ4n) is 2.98. The molecule has 2 aromatic rings. The van der Waals surface area contributed by atoms with E-state index in [0.717, 1.165) is 18.2 Å². The molecule has 0 fully saturated rings. The summed E-state index contributed by atoms with van der Waals surface area (Å²) in [7, 11) is 5.12. The van der Waals surface area contributed by atoms with Crippen LogP contribution in [-0.2, 0) is 25.7 Å². The molecule has 1 atom stereocenters. The number of carbonyl (C=O) groups is 2. The molecule has 14 nitrogen and oxygen atoms in total. The van der Waals surface area contributed by atoms with E-state index in [1.807, 2.05) is 0 Å². The Morgan fingerprint density at radius 1 is 0.853 bits per heavy atom. The van der Waals surface area contributed by atoms with E-state index in [-0.39, 0.29) is 40.6 Å². The van der Waals surface area contributed by atoms with Crippen LogP contribution in [0.2, 0.25) is 0 Å². The molecule has 0 amide bonds. The van der Waals surface area contributed by atoms with Gasteiger partial charge in [-0.3, -0.25) is 25.0 Å². The monoisotopic (exact) mass is 480 g/mol. The van der Waals surface area contributed by atoms with E-state index in [9.17, 15) is 29.8 Å². The van der Waals surface area contributed by atoms with Gasteiger partial charge in [-0.25, -0.2) is 4.79 Å². The molecule has 0 bridgehead atoms. The highest BCUT2D eigenvalue weighted by Crippen LogP contribution is 2.39. The Hall–Kier alpha value is -4.62. The van der Waals surface area contributed by atoms with Crippen LogP contribution in [0.25, 0.3) is 0 Å². The van der Waals surface area contributed by atoms with Crippen molar-refractivity contribution in [1.29, 1.82) is 0 Å². The molecule has 0 N–H and O–H groups in total. The van der Waals surface area contributed by atoms with Crippen LogP contribution < -0.4 is 18.9 Å². The first-order valence-corrected chi connectivity index (χ1v) is 9.27. The second-order valence-corrected chi connectivity index (χ2v) is 6.34. The summed E-state index contributed by atoms with van der Waals surface area (Å²) in [6.07, 6.45) is -1.88. The number of rotatable bonds is 12. The Labute approximate surface area is 192 Å². The number of esters is 1. The standard InChI is InChI=1S/C20H20N2O12/c1-29-15-5-11(13(21(25)26)7-17(15)31-3)9-33-20(24)19(34-10-23)12-6-16(30-2)18(32-4)8-14(12)22(27)28/h5-8,10,19H,9H2,1-4H3. The average molecular weight is 480 g/mol. The van der Waals surface area contributed by atoms with E-state index < -0.39 is 39.9 Å². The molecule has 0 aliphatic rings. The van der Waals surface area contributed by atoms with Gasteiger partial charge in [-0.2, -0.15) is 0 Å². The highest BCUT2D eigenvalue weighted by Gasteiger charge is 2.34. The van der Waals surface area contributed by atoms with E-state index in [1.165, 1.54) is 34.5 Å². The second-order valence-electron chi connectivity index (χ2n) is 6.34. The molecule has 0 aliphatic carbocycles. The Kier molecular flexibility index (Phi) is 8.53. The number of ether oxygens (including phenoxy) is 6. The molecule has 2 aromatic carbocycles. The lowest BCUT2D eigenvalue weighted by atomic mass is 10.1. The maximum absolute atomic E-state index is 12.8. The van der Waals surface area contributed by atoms with Crippen molar-refractivity contribution in [3.63, 3.8) is 0 Å². The fourth-order valence-corrected chi connectivity index (χ4v) is 2.98. The molecular weight excluding hydrogens is 460 g/mol. The number of methoxy groups -OCH3 is 4. The van der Waals surface area contributed by atoms with Crippen molar-refractivity contribution in [3.8, 4) is 23.0 Å². The molecule has 1 unspecified atom stereocenters. The SMILES string of the molecule is COc1cc(COC(=O)C(OC=O)c2cc(OC)c(OC)cc2[N+](=O)[O-])c([N+](=O)[O-])cc1OC. The van der Waals surface area contributed by atoms with Gasteiger partial charge in [0, 0.05) is 0 Å². The first-order chi connectivity index (χ1) is 16.2. The summed E-state index contributed by atoms with van der Waals surface area (Å²) in [6, 6.07) is 4.40. The third kappa shape index (κ3) is 5.40. The largest absolute Gasteiger partial charge is 0.493 e. The van der Waals surface area contributed by atoms with E-state index in [0.29, 0.717) is 0 Å². The first kappa shape index (κ1) is 25.6. The van der Waals surface area contributed by atoms with Gasteiger partial charge in [0.1, 0.15) is 6.61 Å². The third-order valence-corrected chi connectivity index (χ3v) is 4.57. The number of nitrogens with zero attached hydrogens (tertiary/aromatic N) is 2. The lowest BCUT2D eigenvalue weighted by Crippen LogP contribution is -2.20. The van der Waals surface area contributed by atoms with Crippen molar-refractivity contribution in [1.82, 2.24) is 0 Å². The zero-order valence-electron chi connectivity index (χ0n) is 18.5. The minimum absolute atomic E-state index is 0.00266. The Morgan fingerprint density at radius 2 is 1.32 bits per heavy atom. The van der Waals surface area contributed by atoms with Gasteiger partial charge in [0.15, 0.2) is 23.0 Å². The van der Waals surface area contributed by atoms with Crippen molar-refractivity contribution >= 4 is 23.8 Å². The van der Waals surface area contributed by atoms with Crippen molar-refractivity contribution in [2.45, 2.75) is 12.7 Å². The van der Waals surface area contributed by atoms with Crippen LogP contribution in [0.15, 0.2) is 24.3 Å². The van der Waals surface area contributed by atoms with Gasteiger partial charge < -0.3 is 28.4 Å². The van der Waals surface area contributed by atoms with Gasteiger partial charge in [0.25, 0.3) is 17.8 Å². The molecule has 0 heterocycles. The Bertz CT molecular complexity index is 1100. The zero-order valence-corrected chi connectivity index (χ0v) is 18.5. The second kappa shape index (κ2) is 11.3. The van der Waals surface area contributed by atoms with E-state index in [2.05, 4.69) is 0 Å². The van der Waals surface area contributed by atoms with E-state index in [1.54, 1.807) is 0 Å². The lowest BCUT2D eigenvalue weighted by molar-refractivity contribution is -0.386. The number of benzene rings is 2. The summed E-state index contributed by atoms with van der Waals surface area (Å²) in [4.78, 5) is 45.3. The van der Waals surface area contributed by atoms with Gasteiger partial charge in [-0.05, 0) is 12.1 Å². The number of hydrogen-bond donors (Lipinski definition) is 0. The van der Waals surface area contributed by atoms with Crippen LogP contribution in [0, 0.1) is 20.2 Å². The topological polar surface area (TPSA) is 176 Å². The summed E-state index contributed by atoms with van der Waals surface area (Å²) in [5.41, 5.74) is -1.47. The quantitative estimate of drug-likeness (QED) is 0.188. The molecule has 0 aromatic heterocycles. The Morgan fingerprint density at radius 3 is 1.79 bits per heavy atom. The van der Waals surface area contributed by atoms with Crippen LogP contribution in [0.1, 0.15) is 17.2 Å². The molecule has 14 heteroatoms. The molecule has 0 saturated carbocycles. The van der Waals surface area contributed by atoms with Crippen molar-refractivity contribution in [2.24, 2.45) is 0 Å². The maximum atomic E-state index is 12.8. The van der Waals surface area contributed by atoms with E-state index >= 15 is 0 Å². The van der Waals surface area contributed by atoms with Crippen LogP contribution >= 0.6 is 0 Å².